The molecule has 158 valence electrons. The first-order valence-electron chi connectivity index (χ1n) is 9.61. The predicted octanol–water partition coefficient (Wildman–Crippen LogP) is 3.77. The van der Waals surface area contributed by atoms with Gasteiger partial charge in [0.2, 0.25) is 0 Å². The Morgan fingerprint density at radius 1 is 1.30 bits per heavy atom. The van der Waals surface area contributed by atoms with Gasteiger partial charge in [0.1, 0.15) is 17.1 Å². The Kier molecular flexibility index (Phi) is 5.59. The number of ether oxygens (including phenoxy) is 2. The number of carboxylic acid groups (broad SMARTS) is 1. The first-order valence-corrected chi connectivity index (χ1v) is 9.98. The SMILES string of the molecule is COc1cc(OC)c(-c2cn3ccc(N4CCC(CNC(=O)O)C4)cc3n2)cc1Cl. The van der Waals surface area contributed by atoms with Crippen LogP contribution < -0.4 is 19.7 Å². The number of hydrogen-bond acceptors (Lipinski definition) is 5. The van der Waals surface area contributed by atoms with Crippen LogP contribution in [0.3, 0.4) is 0 Å². The van der Waals surface area contributed by atoms with Crippen LogP contribution in [-0.2, 0) is 0 Å². The van der Waals surface area contributed by atoms with Gasteiger partial charge in [-0.15, -0.1) is 0 Å². The number of carbonyl (C=O) groups is 1. The highest BCUT2D eigenvalue weighted by molar-refractivity contribution is 6.32. The summed E-state index contributed by atoms with van der Waals surface area (Å²) in [6, 6.07) is 7.63. The number of amides is 1. The Hall–Kier alpha value is -3.13. The molecule has 0 bridgehead atoms. The van der Waals surface area contributed by atoms with Gasteiger partial charge in [0.05, 0.1) is 24.9 Å². The normalized spacial score (nSPS) is 16.1. The zero-order valence-electron chi connectivity index (χ0n) is 16.8. The number of imidazole rings is 1. The molecule has 1 aliphatic heterocycles. The molecule has 0 saturated carbocycles. The van der Waals surface area contributed by atoms with E-state index in [1.807, 2.05) is 28.9 Å². The van der Waals surface area contributed by atoms with Crippen LogP contribution in [0.15, 0.2) is 36.7 Å². The summed E-state index contributed by atoms with van der Waals surface area (Å²) in [5.74, 6) is 1.48. The minimum absolute atomic E-state index is 0.304. The maximum Gasteiger partial charge on any atom is 0.404 e. The number of pyridine rings is 1. The van der Waals surface area contributed by atoms with Crippen LogP contribution in [0.5, 0.6) is 11.5 Å². The third kappa shape index (κ3) is 3.95. The number of anilines is 1. The summed E-state index contributed by atoms with van der Waals surface area (Å²) < 4.78 is 12.7. The van der Waals surface area contributed by atoms with Gasteiger partial charge in [-0.2, -0.15) is 0 Å². The number of halogens is 1. The van der Waals surface area contributed by atoms with Gasteiger partial charge in [-0.25, -0.2) is 9.78 Å². The van der Waals surface area contributed by atoms with Crippen molar-refractivity contribution in [2.75, 3.05) is 38.8 Å². The largest absolute Gasteiger partial charge is 0.496 e. The van der Waals surface area contributed by atoms with Gasteiger partial charge in [-0.1, -0.05) is 11.6 Å². The van der Waals surface area contributed by atoms with Crippen molar-refractivity contribution in [3.05, 3.63) is 41.7 Å². The zero-order valence-corrected chi connectivity index (χ0v) is 17.5. The average Bonchev–Trinajstić information content (AvgIpc) is 3.38. The van der Waals surface area contributed by atoms with Crippen LogP contribution in [0.2, 0.25) is 5.02 Å². The molecule has 1 unspecified atom stereocenters. The number of nitrogens with zero attached hydrogens (tertiary/aromatic N) is 3. The van der Waals surface area contributed by atoms with Gasteiger partial charge in [0.25, 0.3) is 0 Å². The quantitative estimate of drug-likeness (QED) is 0.619. The summed E-state index contributed by atoms with van der Waals surface area (Å²) in [6.45, 7) is 2.17. The van der Waals surface area contributed by atoms with E-state index >= 15 is 0 Å². The van der Waals surface area contributed by atoms with Crippen LogP contribution in [0, 0.1) is 5.92 Å². The number of hydrogen-bond donors (Lipinski definition) is 2. The minimum Gasteiger partial charge on any atom is -0.496 e. The molecule has 8 nitrogen and oxygen atoms in total. The molecule has 2 N–H and O–H groups in total. The summed E-state index contributed by atoms with van der Waals surface area (Å²) >= 11 is 6.31. The van der Waals surface area contributed by atoms with Crippen molar-refractivity contribution in [1.82, 2.24) is 14.7 Å². The van der Waals surface area contributed by atoms with Crippen molar-refractivity contribution in [1.29, 1.82) is 0 Å². The van der Waals surface area contributed by atoms with Gasteiger partial charge >= 0.3 is 6.09 Å². The molecule has 1 amide bonds. The lowest BCUT2D eigenvalue weighted by molar-refractivity contribution is 0.192. The number of methoxy groups -OCH3 is 2. The number of aromatic nitrogens is 2. The molecule has 1 saturated heterocycles. The Morgan fingerprint density at radius 2 is 2.10 bits per heavy atom. The van der Waals surface area contributed by atoms with E-state index in [9.17, 15) is 4.79 Å². The molecule has 3 aromatic rings. The molecule has 4 rings (SSSR count). The van der Waals surface area contributed by atoms with E-state index in [0.717, 1.165) is 42.1 Å². The highest BCUT2D eigenvalue weighted by Gasteiger charge is 2.23. The summed E-state index contributed by atoms with van der Waals surface area (Å²) in [5.41, 5.74) is 3.41. The van der Waals surface area contributed by atoms with Crippen molar-refractivity contribution in [2.45, 2.75) is 6.42 Å². The summed E-state index contributed by atoms with van der Waals surface area (Å²) in [7, 11) is 3.16. The summed E-state index contributed by atoms with van der Waals surface area (Å²) in [4.78, 5) is 17.7. The molecule has 3 heterocycles. The Morgan fingerprint density at radius 3 is 2.83 bits per heavy atom. The molecule has 1 atom stereocenters. The first-order chi connectivity index (χ1) is 14.5. The highest BCUT2D eigenvalue weighted by atomic mass is 35.5. The van der Waals surface area contributed by atoms with E-state index in [1.165, 1.54) is 0 Å². The highest BCUT2D eigenvalue weighted by Crippen LogP contribution is 2.38. The van der Waals surface area contributed by atoms with Crippen LogP contribution in [-0.4, -0.2) is 54.4 Å². The number of nitrogens with one attached hydrogen (secondary N) is 1. The van der Waals surface area contributed by atoms with E-state index in [2.05, 4.69) is 10.2 Å². The fraction of sp³-hybridized carbons (Fsp3) is 0.333. The van der Waals surface area contributed by atoms with Crippen molar-refractivity contribution < 1.29 is 19.4 Å². The molecule has 2 aromatic heterocycles. The van der Waals surface area contributed by atoms with Crippen molar-refractivity contribution >= 4 is 29.0 Å². The maximum atomic E-state index is 10.7. The third-order valence-corrected chi connectivity index (χ3v) is 5.68. The van der Waals surface area contributed by atoms with E-state index in [0.29, 0.717) is 29.0 Å². The standard InChI is InChI=1S/C21H23ClN4O4/c1-29-18-9-19(30-2)16(22)8-15(18)17-12-26-6-4-14(7-20(26)24-17)25-5-3-13(11-25)10-23-21(27)28/h4,6-9,12-13,23H,3,5,10-11H2,1-2H3,(H,27,28). The van der Waals surface area contributed by atoms with Gasteiger partial charge in [0.15, 0.2) is 0 Å². The second-order valence-corrected chi connectivity index (χ2v) is 7.66. The first kappa shape index (κ1) is 20.2. The van der Waals surface area contributed by atoms with E-state index < -0.39 is 6.09 Å². The third-order valence-electron chi connectivity index (χ3n) is 5.39. The average molecular weight is 431 g/mol. The van der Waals surface area contributed by atoms with Crippen LogP contribution in [0.1, 0.15) is 6.42 Å². The lowest BCUT2D eigenvalue weighted by Crippen LogP contribution is -2.29. The lowest BCUT2D eigenvalue weighted by Gasteiger charge is -2.18. The molecule has 1 fully saturated rings. The minimum atomic E-state index is -0.978. The molecular weight excluding hydrogens is 408 g/mol. The molecule has 1 aromatic carbocycles. The van der Waals surface area contributed by atoms with Crippen molar-refractivity contribution in [3.63, 3.8) is 0 Å². The maximum absolute atomic E-state index is 10.7. The smallest absolute Gasteiger partial charge is 0.404 e. The number of benzene rings is 1. The van der Waals surface area contributed by atoms with Crippen molar-refractivity contribution in [3.8, 4) is 22.8 Å². The van der Waals surface area contributed by atoms with Gasteiger partial charge in [-0.3, -0.25) is 0 Å². The van der Waals surface area contributed by atoms with E-state index in [-0.39, 0.29) is 0 Å². The fourth-order valence-electron chi connectivity index (χ4n) is 3.82. The Labute approximate surface area is 179 Å². The van der Waals surface area contributed by atoms with E-state index in [1.54, 1.807) is 26.4 Å². The molecule has 1 aliphatic rings. The second kappa shape index (κ2) is 8.31. The number of rotatable bonds is 6. The monoisotopic (exact) mass is 430 g/mol. The number of fused-ring (bicyclic) bond motifs is 1. The molecule has 9 heteroatoms. The van der Waals surface area contributed by atoms with Gasteiger partial charge in [-0.05, 0) is 24.5 Å². The summed E-state index contributed by atoms with van der Waals surface area (Å²) in [5, 5.41) is 11.8. The van der Waals surface area contributed by atoms with Crippen LogP contribution >= 0.6 is 11.6 Å². The molecule has 0 aliphatic carbocycles. The Balaban J connectivity index is 1.60. The van der Waals surface area contributed by atoms with Crippen LogP contribution in [0.25, 0.3) is 16.9 Å². The fourth-order valence-corrected chi connectivity index (χ4v) is 4.06. The molecule has 0 spiro atoms. The van der Waals surface area contributed by atoms with E-state index in [4.69, 9.17) is 31.2 Å². The topological polar surface area (TPSA) is 88.3 Å². The predicted molar refractivity (Wildman–Crippen MR) is 115 cm³/mol. The molecule has 30 heavy (non-hydrogen) atoms. The van der Waals surface area contributed by atoms with Gasteiger partial charge < -0.3 is 29.2 Å². The molecular formula is C21H23ClN4O4. The molecule has 0 radical (unpaired) electrons. The van der Waals surface area contributed by atoms with Gasteiger partial charge in [0, 0.05) is 55.4 Å². The Bertz CT molecular complexity index is 1080. The van der Waals surface area contributed by atoms with Crippen molar-refractivity contribution in [2.24, 2.45) is 5.92 Å². The van der Waals surface area contributed by atoms with Crippen LogP contribution in [0.4, 0.5) is 10.5 Å². The zero-order chi connectivity index (χ0) is 21.3. The lowest BCUT2D eigenvalue weighted by atomic mass is 10.1. The summed E-state index contributed by atoms with van der Waals surface area (Å²) in [6.07, 6.45) is 3.88. The second-order valence-electron chi connectivity index (χ2n) is 7.25.